The van der Waals surface area contributed by atoms with Gasteiger partial charge in [-0.05, 0) is 123 Å². The van der Waals surface area contributed by atoms with Crippen LogP contribution in [0.15, 0.2) is 48.5 Å². The first-order valence-electron chi connectivity index (χ1n) is 30.4. The molecule has 1 unspecified atom stereocenters. The van der Waals surface area contributed by atoms with Crippen molar-refractivity contribution in [3.05, 3.63) is 59.7 Å². The molecule has 0 heterocycles. The van der Waals surface area contributed by atoms with Gasteiger partial charge in [-0.15, -0.1) is 0 Å². The SMILES string of the molecule is CC(C)(C)OC(=O)[C@H](CCC(=O)NCCOCCOCC(=O)NCCCCC(NC(=O)OCC1c2ccccc2-c2ccccc21)C(=O)O)NC(=O)CCCCCCCCCCCCCCCCCCP(=O)(OC(C)(C)C)OC(C)(C)C. The second kappa shape index (κ2) is 38.2. The Kier molecular flexibility index (Phi) is 33.2. The molecule has 0 saturated carbocycles. The van der Waals surface area contributed by atoms with Crippen molar-refractivity contribution in [2.24, 2.45) is 0 Å². The van der Waals surface area contributed by atoms with Gasteiger partial charge >= 0.3 is 25.6 Å². The number of carboxylic acids is 1. The Balaban J connectivity index is 1.15. The minimum Gasteiger partial charge on any atom is -0.480 e. The fourth-order valence-electron chi connectivity index (χ4n) is 9.70. The Morgan fingerprint density at radius 2 is 1.02 bits per heavy atom. The lowest BCUT2D eigenvalue weighted by molar-refractivity contribution is -0.159. The third kappa shape index (κ3) is 32.3. The summed E-state index contributed by atoms with van der Waals surface area (Å²) in [5, 5.41) is 20.5. The van der Waals surface area contributed by atoms with Crippen LogP contribution in [0.4, 0.5) is 4.79 Å². The summed E-state index contributed by atoms with van der Waals surface area (Å²) in [6.07, 6.45) is 19.1. The first kappa shape index (κ1) is 71.4. The van der Waals surface area contributed by atoms with Gasteiger partial charge in [0.25, 0.3) is 0 Å². The van der Waals surface area contributed by atoms with E-state index in [4.69, 9.17) is 28.0 Å². The molecule has 4 amide bonds. The number of carboxylic acid groups (broad SMARTS) is 1. The van der Waals surface area contributed by atoms with E-state index in [2.05, 4.69) is 21.3 Å². The average molecular weight is 1170 g/mol. The summed E-state index contributed by atoms with van der Waals surface area (Å²) in [7, 11) is -3.15. The summed E-state index contributed by atoms with van der Waals surface area (Å²) in [5.74, 6) is -2.78. The molecule has 1 aliphatic rings. The van der Waals surface area contributed by atoms with Gasteiger partial charge in [0, 0.05) is 31.8 Å². The molecule has 0 radical (unpaired) electrons. The van der Waals surface area contributed by atoms with Gasteiger partial charge in [0.1, 0.15) is 30.9 Å². The summed E-state index contributed by atoms with van der Waals surface area (Å²) < 4.78 is 47.1. The smallest absolute Gasteiger partial charge is 0.407 e. The van der Waals surface area contributed by atoms with Crippen molar-refractivity contribution in [1.29, 1.82) is 0 Å². The molecular formula is C63H103N4O14P. The molecule has 0 spiro atoms. The summed E-state index contributed by atoms with van der Waals surface area (Å²) in [6, 6.07) is 13.8. The highest BCUT2D eigenvalue weighted by Gasteiger charge is 2.35. The van der Waals surface area contributed by atoms with Crippen molar-refractivity contribution < 1.29 is 66.4 Å². The van der Waals surface area contributed by atoms with E-state index < -0.39 is 54.5 Å². The Bertz CT molecular complexity index is 2210. The second-order valence-corrected chi connectivity index (χ2v) is 26.6. The van der Waals surface area contributed by atoms with Crippen LogP contribution in [0.3, 0.4) is 0 Å². The Hall–Kier alpha value is -4.87. The highest BCUT2D eigenvalue weighted by molar-refractivity contribution is 7.53. The predicted octanol–water partition coefficient (Wildman–Crippen LogP) is 12.5. The van der Waals surface area contributed by atoms with Gasteiger partial charge in [-0.25, -0.2) is 14.4 Å². The fourth-order valence-corrected chi connectivity index (χ4v) is 12.2. The Morgan fingerprint density at radius 1 is 0.524 bits per heavy atom. The number of hydrogen-bond donors (Lipinski definition) is 5. The van der Waals surface area contributed by atoms with Gasteiger partial charge in [-0.3, -0.25) is 18.9 Å². The number of ether oxygens (including phenoxy) is 4. The van der Waals surface area contributed by atoms with Crippen molar-refractivity contribution in [2.75, 3.05) is 52.3 Å². The Morgan fingerprint density at radius 3 is 1.55 bits per heavy atom. The second-order valence-electron chi connectivity index (χ2n) is 24.6. The molecule has 0 fully saturated rings. The van der Waals surface area contributed by atoms with Crippen LogP contribution in [0, 0.1) is 0 Å². The summed E-state index contributed by atoms with van der Waals surface area (Å²) >= 11 is 0. The zero-order valence-corrected chi connectivity index (χ0v) is 52.2. The number of benzene rings is 2. The Labute approximate surface area is 490 Å². The zero-order chi connectivity index (χ0) is 60.4. The largest absolute Gasteiger partial charge is 0.480 e. The van der Waals surface area contributed by atoms with Gasteiger partial charge in [-0.2, -0.15) is 0 Å². The third-order valence-corrected chi connectivity index (χ3v) is 16.0. The van der Waals surface area contributed by atoms with Crippen LogP contribution < -0.4 is 21.3 Å². The zero-order valence-electron chi connectivity index (χ0n) is 51.3. The summed E-state index contributed by atoms with van der Waals surface area (Å²) in [6.45, 7) is 17.7. The number of carbonyl (C=O) groups excluding carboxylic acids is 5. The number of rotatable bonds is 43. The van der Waals surface area contributed by atoms with Gasteiger partial charge in [0.2, 0.25) is 17.7 Å². The predicted molar refractivity (Wildman–Crippen MR) is 321 cm³/mol. The number of carbonyl (C=O) groups is 6. The first-order valence-corrected chi connectivity index (χ1v) is 32.1. The molecule has 0 aromatic heterocycles. The van der Waals surface area contributed by atoms with Gasteiger partial charge in [0.05, 0.1) is 37.2 Å². The topological polar surface area (TPSA) is 243 Å². The molecule has 2 aromatic carbocycles. The lowest BCUT2D eigenvalue weighted by atomic mass is 9.98. The van der Waals surface area contributed by atoms with Crippen LogP contribution in [0.25, 0.3) is 11.1 Å². The molecule has 18 nitrogen and oxygen atoms in total. The third-order valence-electron chi connectivity index (χ3n) is 13.4. The number of esters is 1. The van der Waals surface area contributed by atoms with Crippen LogP contribution in [0.1, 0.15) is 221 Å². The number of unbranched alkanes of at least 4 members (excludes halogenated alkanes) is 16. The quantitative estimate of drug-likeness (QED) is 0.0236. The van der Waals surface area contributed by atoms with Gasteiger partial charge in [0.15, 0.2) is 0 Å². The average Bonchev–Trinajstić information content (AvgIpc) is 3.98. The van der Waals surface area contributed by atoms with E-state index in [0.29, 0.717) is 32.0 Å². The molecule has 19 heteroatoms. The van der Waals surface area contributed by atoms with Crippen molar-refractivity contribution in [1.82, 2.24) is 21.3 Å². The molecule has 0 aliphatic heterocycles. The van der Waals surface area contributed by atoms with E-state index >= 15 is 0 Å². The molecule has 1 aliphatic carbocycles. The van der Waals surface area contributed by atoms with E-state index in [0.717, 1.165) is 67.2 Å². The van der Waals surface area contributed by atoms with E-state index in [1.807, 2.05) is 90.1 Å². The highest BCUT2D eigenvalue weighted by Crippen LogP contribution is 2.55. The summed E-state index contributed by atoms with van der Waals surface area (Å²) in [4.78, 5) is 75.4. The minimum absolute atomic E-state index is 0.00275. The van der Waals surface area contributed by atoms with Crippen LogP contribution in [0.2, 0.25) is 0 Å². The van der Waals surface area contributed by atoms with Crippen molar-refractivity contribution in [3.8, 4) is 11.1 Å². The minimum atomic E-state index is -3.15. The normalized spacial score (nSPS) is 13.4. The maximum absolute atomic E-state index is 13.4. The van der Waals surface area contributed by atoms with Crippen molar-refractivity contribution >= 4 is 43.3 Å². The van der Waals surface area contributed by atoms with Gasteiger partial charge < -0.3 is 54.4 Å². The van der Waals surface area contributed by atoms with Crippen LogP contribution in [-0.2, 0) is 56.5 Å². The highest BCUT2D eigenvalue weighted by atomic mass is 31.2. The van der Waals surface area contributed by atoms with E-state index in [-0.39, 0.29) is 82.5 Å². The first-order chi connectivity index (χ1) is 38.8. The van der Waals surface area contributed by atoms with Gasteiger partial charge in [-0.1, -0.05) is 138 Å². The van der Waals surface area contributed by atoms with Crippen molar-refractivity contribution in [2.45, 2.75) is 238 Å². The maximum atomic E-state index is 13.4. The molecule has 0 bridgehead atoms. The molecule has 5 N–H and O–H groups in total. The summed E-state index contributed by atoms with van der Waals surface area (Å²) in [5.41, 5.74) is 2.51. The molecule has 0 saturated heterocycles. The van der Waals surface area contributed by atoms with Crippen LogP contribution in [0.5, 0.6) is 0 Å². The number of fused-ring (bicyclic) bond motifs is 3. The number of nitrogens with one attached hydrogen (secondary N) is 4. The van der Waals surface area contributed by atoms with Crippen LogP contribution >= 0.6 is 7.60 Å². The molecule has 82 heavy (non-hydrogen) atoms. The number of aliphatic carboxylic acids is 1. The fraction of sp³-hybridized carbons (Fsp3) is 0.714. The molecule has 2 atom stereocenters. The standard InChI is InChI=1S/C63H103N4O14P/c1-61(2,3)79-59(73)54(66-56(69)37-24-22-20-18-16-14-12-10-11-13-15-17-19-21-23-31-45-82(75,80-62(4,5)6)81-63(7,8)9)38-39-55(68)65-41-42-76-43-44-77-47-57(70)64-40-30-29-36-53(58(71)72)67-60(74)78-46-52-50-34-27-25-32-48(50)49-33-26-28-35-51(49)52/h25-28,32-35,52-54H,10-24,29-31,36-47H2,1-9H3,(H,64,70)(H,65,68)(H,66,69)(H,67,74)(H,71,72)/t53?,54-/m0/s1. The van der Waals surface area contributed by atoms with E-state index in [9.17, 15) is 38.4 Å². The van der Waals surface area contributed by atoms with E-state index in [1.165, 1.54) is 57.8 Å². The lowest BCUT2D eigenvalue weighted by Gasteiger charge is -2.32. The molecule has 464 valence electrons. The maximum Gasteiger partial charge on any atom is 0.407 e. The molecule has 3 rings (SSSR count). The molecular weight excluding hydrogens is 1070 g/mol. The lowest BCUT2D eigenvalue weighted by Crippen LogP contribution is -2.44. The van der Waals surface area contributed by atoms with Crippen LogP contribution in [-0.4, -0.2) is 122 Å². The molecule has 2 aromatic rings. The number of alkyl carbamates (subject to hydrolysis) is 1. The number of amides is 4. The van der Waals surface area contributed by atoms with Crippen molar-refractivity contribution in [3.63, 3.8) is 0 Å². The monoisotopic (exact) mass is 1170 g/mol. The number of hydrogen-bond acceptors (Lipinski definition) is 13. The van der Waals surface area contributed by atoms with E-state index in [1.54, 1.807) is 20.8 Å².